The maximum atomic E-state index is 12.3. The predicted octanol–water partition coefficient (Wildman–Crippen LogP) is 0.244. The van der Waals surface area contributed by atoms with E-state index in [0.717, 1.165) is 55.4 Å². The third-order valence-corrected chi connectivity index (χ3v) is 4.25. The first-order valence-corrected chi connectivity index (χ1v) is 7.15. The number of aromatic amines is 1. The van der Waals surface area contributed by atoms with E-state index in [2.05, 4.69) is 15.5 Å². The van der Waals surface area contributed by atoms with Crippen molar-refractivity contribution in [3.05, 3.63) is 17.0 Å². The molecule has 0 aliphatic carbocycles. The van der Waals surface area contributed by atoms with Gasteiger partial charge in [0.25, 0.3) is 5.91 Å². The van der Waals surface area contributed by atoms with Gasteiger partial charge in [-0.15, -0.1) is 0 Å². The van der Waals surface area contributed by atoms with Crippen LogP contribution in [0.15, 0.2) is 0 Å². The number of hydrogen-bond acceptors (Lipinski definition) is 4. The second-order valence-electron chi connectivity index (χ2n) is 4.36. The van der Waals surface area contributed by atoms with Gasteiger partial charge in [0, 0.05) is 55.4 Å². The van der Waals surface area contributed by atoms with Gasteiger partial charge in [0.05, 0.1) is 0 Å². The van der Waals surface area contributed by atoms with Gasteiger partial charge in [-0.3, -0.25) is 9.89 Å². The fourth-order valence-electron chi connectivity index (χ4n) is 2.32. The lowest BCUT2D eigenvalue weighted by Gasteiger charge is -2.26. The highest BCUT2D eigenvalue weighted by molar-refractivity contribution is 7.99. The highest BCUT2D eigenvalue weighted by Gasteiger charge is 2.26. The van der Waals surface area contributed by atoms with Crippen molar-refractivity contribution in [2.24, 2.45) is 0 Å². The van der Waals surface area contributed by atoms with Gasteiger partial charge in [0.15, 0.2) is 5.69 Å². The maximum Gasteiger partial charge on any atom is 0.274 e. The Bertz CT molecular complexity index is 425. The minimum absolute atomic E-state index is 0.0894. The summed E-state index contributed by atoms with van der Waals surface area (Å²) in [5.74, 6) is 2.17. The Hall–Kier alpha value is -1.01. The largest absolute Gasteiger partial charge is 0.336 e. The number of amides is 1. The van der Waals surface area contributed by atoms with Crippen LogP contribution in [0.25, 0.3) is 0 Å². The quantitative estimate of drug-likeness (QED) is 0.752. The fraction of sp³-hybridized carbons (Fsp3) is 0.636. The van der Waals surface area contributed by atoms with E-state index in [1.807, 2.05) is 16.7 Å². The topological polar surface area (TPSA) is 61.0 Å². The van der Waals surface area contributed by atoms with Crippen molar-refractivity contribution in [3.8, 4) is 0 Å². The van der Waals surface area contributed by atoms with Gasteiger partial charge in [-0.1, -0.05) is 0 Å². The van der Waals surface area contributed by atoms with Gasteiger partial charge in [-0.2, -0.15) is 16.9 Å². The average Bonchev–Trinajstić information content (AvgIpc) is 2.83. The molecule has 92 valence electrons. The Morgan fingerprint density at radius 3 is 3.00 bits per heavy atom. The molecule has 1 aromatic rings. The number of H-pyrrole nitrogens is 1. The number of carbonyl (C=O) groups is 1. The summed E-state index contributed by atoms with van der Waals surface area (Å²) < 4.78 is 0. The molecule has 0 unspecified atom stereocenters. The van der Waals surface area contributed by atoms with Crippen molar-refractivity contribution in [2.45, 2.75) is 13.0 Å². The summed E-state index contributed by atoms with van der Waals surface area (Å²) in [6, 6.07) is 0. The smallest absolute Gasteiger partial charge is 0.274 e. The summed E-state index contributed by atoms with van der Waals surface area (Å²) in [5.41, 5.74) is 2.82. The summed E-state index contributed by atoms with van der Waals surface area (Å²) in [6.45, 7) is 3.41. The van der Waals surface area contributed by atoms with Crippen LogP contribution < -0.4 is 5.32 Å². The monoisotopic (exact) mass is 252 g/mol. The van der Waals surface area contributed by atoms with Crippen LogP contribution in [-0.4, -0.2) is 52.1 Å². The summed E-state index contributed by atoms with van der Waals surface area (Å²) in [7, 11) is 0. The number of rotatable bonds is 1. The zero-order chi connectivity index (χ0) is 11.7. The second kappa shape index (κ2) is 4.70. The van der Waals surface area contributed by atoms with E-state index in [9.17, 15) is 4.79 Å². The minimum Gasteiger partial charge on any atom is -0.336 e. The third kappa shape index (κ3) is 2.07. The molecule has 1 amide bonds. The number of nitrogens with one attached hydrogen (secondary N) is 2. The molecule has 2 N–H and O–H groups in total. The van der Waals surface area contributed by atoms with E-state index in [1.165, 1.54) is 0 Å². The molecular weight excluding hydrogens is 236 g/mol. The first-order valence-electron chi connectivity index (χ1n) is 6.00. The molecule has 3 rings (SSSR count). The number of aromatic nitrogens is 2. The van der Waals surface area contributed by atoms with E-state index in [1.54, 1.807) is 0 Å². The number of fused-ring (bicyclic) bond motifs is 1. The highest BCUT2D eigenvalue weighted by Crippen LogP contribution is 2.18. The van der Waals surface area contributed by atoms with Crippen molar-refractivity contribution in [2.75, 3.05) is 31.1 Å². The molecule has 0 radical (unpaired) electrons. The molecule has 5 nitrogen and oxygen atoms in total. The molecule has 0 atom stereocenters. The lowest BCUT2D eigenvalue weighted by Crippen LogP contribution is -2.39. The molecule has 2 aliphatic rings. The van der Waals surface area contributed by atoms with Gasteiger partial charge in [0.2, 0.25) is 0 Å². The van der Waals surface area contributed by atoms with E-state index >= 15 is 0 Å². The van der Waals surface area contributed by atoms with Gasteiger partial charge >= 0.3 is 0 Å². The van der Waals surface area contributed by atoms with Crippen LogP contribution in [0.4, 0.5) is 0 Å². The van der Waals surface area contributed by atoms with Crippen LogP contribution in [0.1, 0.15) is 21.7 Å². The van der Waals surface area contributed by atoms with E-state index in [0.29, 0.717) is 5.69 Å². The Morgan fingerprint density at radius 2 is 2.18 bits per heavy atom. The van der Waals surface area contributed by atoms with Gasteiger partial charge in [0.1, 0.15) is 0 Å². The van der Waals surface area contributed by atoms with Crippen LogP contribution in [-0.2, 0) is 13.0 Å². The van der Waals surface area contributed by atoms with Crippen molar-refractivity contribution in [1.29, 1.82) is 0 Å². The molecule has 6 heteroatoms. The molecule has 0 aromatic carbocycles. The molecule has 17 heavy (non-hydrogen) atoms. The zero-order valence-corrected chi connectivity index (χ0v) is 10.5. The minimum atomic E-state index is 0.0894. The van der Waals surface area contributed by atoms with Crippen molar-refractivity contribution < 1.29 is 4.79 Å². The first-order chi connectivity index (χ1) is 8.36. The number of nitrogens with zero attached hydrogens (tertiary/aromatic N) is 2. The van der Waals surface area contributed by atoms with E-state index in [4.69, 9.17) is 0 Å². The van der Waals surface area contributed by atoms with Crippen LogP contribution in [0.3, 0.4) is 0 Å². The number of hydrogen-bond donors (Lipinski definition) is 2. The Labute approximate surface area is 104 Å². The molecule has 1 fully saturated rings. The van der Waals surface area contributed by atoms with Crippen molar-refractivity contribution >= 4 is 17.7 Å². The molecule has 0 spiro atoms. The predicted molar refractivity (Wildman–Crippen MR) is 67.2 cm³/mol. The zero-order valence-electron chi connectivity index (χ0n) is 9.66. The molecule has 3 heterocycles. The van der Waals surface area contributed by atoms with Crippen molar-refractivity contribution in [1.82, 2.24) is 20.4 Å². The number of thioether (sulfide) groups is 1. The maximum absolute atomic E-state index is 12.3. The van der Waals surface area contributed by atoms with Crippen molar-refractivity contribution in [3.63, 3.8) is 0 Å². The molecule has 1 saturated heterocycles. The van der Waals surface area contributed by atoms with Crippen LogP contribution in [0, 0.1) is 0 Å². The summed E-state index contributed by atoms with van der Waals surface area (Å²) >= 11 is 1.91. The molecular formula is C11H16N4OS. The van der Waals surface area contributed by atoms with Crippen LogP contribution in [0.5, 0.6) is 0 Å². The molecule has 0 bridgehead atoms. The summed E-state index contributed by atoms with van der Waals surface area (Å²) in [5, 5.41) is 10.5. The molecule has 1 aromatic heterocycles. The van der Waals surface area contributed by atoms with Crippen LogP contribution >= 0.6 is 11.8 Å². The lowest BCUT2D eigenvalue weighted by molar-refractivity contribution is 0.0765. The fourth-order valence-corrected chi connectivity index (χ4v) is 3.22. The normalized spacial score (nSPS) is 20.1. The van der Waals surface area contributed by atoms with Gasteiger partial charge in [-0.25, -0.2) is 0 Å². The Kier molecular flexibility index (Phi) is 3.07. The molecule has 2 aliphatic heterocycles. The van der Waals surface area contributed by atoms with E-state index in [-0.39, 0.29) is 5.91 Å². The third-order valence-electron chi connectivity index (χ3n) is 3.31. The SMILES string of the molecule is O=C(c1n[nH]c2c1CNCC2)N1CCSCC1. The Balaban J connectivity index is 1.83. The van der Waals surface area contributed by atoms with Gasteiger partial charge < -0.3 is 10.2 Å². The highest BCUT2D eigenvalue weighted by atomic mass is 32.2. The average molecular weight is 252 g/mol. The van der Waals surface area contributed by atoms with Crippen LogP contribution in [0.2, 0.25) is 0 Å². The lowest BCUT2D eigenvalue weighted by atomic mass is 10.1. The summed E-state index contributed by atoms with van der Waals surface area (Å²) in [4.78, 5) is 14.3. The van der Waals surface area contributed by atoms with Gasteiger partial charge in [-0.05, 0) is 0 Å². The van der Waals surface area contributed by atoms with E-state index < -0.39 is 0 Å². The molecule has 0 saturated carbocycles. The standard InChI is InChI=1S/C11H16N4OS/c16-11(15-3-5-17-6-4-15)10-8-7-12-2-1-9(8)13-14-10/h12H,1-7H2,(H,13,14). The Morgan fingerprint density at radius 1 is 1.35 bits per heavy atom. The second-order valence-corrected chi connectivity index (χ2v) is 5.59. The summed E-state index contributed by atoms with van der Waals surface area (Å²) in [6.07, 6.45) is 0.936. The first kappa shape index (κ1) is 11.1. The number of carbonyl (C=O) groups excluding carboxylic acids is 1.